The molecule has 0 saturated heterocycles. The second kappa shape index (κ2) is 6.80. The van der Waals surface area contributed by atoms with Crippen LogP contribution < -0.4 is 9.47 Å². The Balaban J connectivity index is 0.00000168. The zero-order valence-electron chi connectivity index (χ0n) is 14.4. The fourth-order valence-electron chi connectivity index (χ4n) is 3.87. The van der Waals surface area contributed by atoms with Gasteiger partial charge in [0.15, 0.2) is 0 Å². The molecule has 2 aliphatic rings. The molecule has 26 heavy (non-hydrogen) atoms. The third-order valence-corrected chi connectivity index (χ3v) is 6.57. The second-order valence-electron chi connectivity index (χ2n) is 6.60. The van der Waals surface area contributed by atoms with Gasteiger partial charge < -0.3 is 4.90 Å². The van der Waals surface area contributed by atoms with Gasteiger partial charge >= 0.3 is 0 Å². The summed E-state index contributed by atoms with van der Waals surface area (Å²) < 4.78 is 2.04. The van der Waals surface area contributed by atoms with Gasteiger partial charge in [-0.25, -0.2) is 0 Å². The van der Waals surface area contributed by atoms with Crippen molar-refractivity contribution in [3.8, 4) is 0 Å². The normalized spacial score (nSPS) is 16.7. The summed E-state index contributed by atoms with van der Waals surface area (Å²) in [5, 5.41) is 3.29. The molecule has 2 nitrogen and oxygen atoms in total. The topological polar surface area (TPSA) is 7.12 Å². The van der Waals surface area contributed by atoms with Gasteiger partial charge in [0, 0.05) is 23.6 Å². The molecule has 0 aliphatic carbocycles. The molecule has 1 aromatic heterocycles. The lowest BCUT2D eigenvalue weighted by atomic mass is 10.0. The third-order valence-electron chi connectivity index (χ3n) is 5.11. The van der Waals surface area contributed by atoms with Crippen LogP contribution in [-0.2, 0) is 13.5 Å². The van der Waals surface area contributed by atoms with E-state index in [9.17, 15) is 0 Å². The number of nitrogens with zero attached hydrogens (tertiary/aromatic N) is 2. The molecule has 0 amide bonds. The van der Waals surface area contributed by atoms with E-state index < -0.39 is 0 Å². The van der Waals surface area contributed by atoms with E-state index in [0.717, 1.165) is 17.2 Å². The number of para-hydroxylation sites is 2. The predicted octanol–water partition coefficient (Wildman–Crippen LogP) is 5.60. The van der Waals surface area contributed by atoms with E-state index in [4.69, 9.17) is 11.6 Å². The lowest BCUT2D eigenvalue weighted by Crippen LogP contribution is -2.30. The molecule has 5 heteroatoms. The first-order valence-corrected chi connectivity index (χ1v) is 9.78. The summed E-state index contributed by atoms with van der Waals surface area (Å²) in [6.07, 6.45) is 4.69. The van der Waals surface area contributed by atoms with Gasteiger partial charge in [0.05, 0.1) is 16.1 Å². The highest BCUT2D eigenvalue weighted by molar-refractivity contribution is 8.03. The number of rotatable bonds is 1. The van der Waals surface area contributed by atoms with Gasteiger partial charge in [-0.15, -0.1) is 12.4 Å². The number of halogens is 2. The molecule has 0 radical (unpaired) electrons. The van der Waals surface area contributed by atoms with Crippen LogP contribution in [0.25, 0.3) is 17.0 Å². The second-order valence-corrected chi connectivity index (χ2v) is 8.05. The first-order chi connectivity index (χ1) is 12.2. The maximum absolute atomic E-state index is 6.49. The smallest absolute Gasteiger partial charge is 0.275 e. The Labute approximate surface area is 168 Å². The maximum atomic E-state index is 6.49. The van der Waals surface area contributed by atoms with Crippen molar-refractivity contribution in [1.29, 1.82) is 0 Å². The van der Waals surface area contributed by atoms with E-state index in [2.05, 4.69) is 59.5 Å². The number of anilines is 1. The molecule has 0 fully saturated rings. The minimum absolute atomic E-state index is 0. The number of fused-ring (bicyclic) bond motifs is 1. The standard InChI is InChI=1S/C21H18ClN2S.ClH/c1-23-17-9-3-2-8-16(17)15(12-19(23)22)13-20-24-11-5-7-14-6-4-10-18(25-20)21(14)24;/h2-4,6,8-10,12-13H,5,7,11H2,1H3;1H/q+1;. The SMILES string of the molecule is C[n+]1c(Cl)cc(/C=C2/Sc3cccc4c3N2CCC4)c2ccccc21.Cl. The number of aromatic nitrogens is 1. The predicted molar refractivity (Wildman–Crippen MR) is 113 cm³/mol. The zero-order valence-corrected chi connectivity index (χ0v) is 16.8. The Morgan fingerprint density at radius 2 is 2.00 bits per heavy atom. The molecule has 132 valence electrons. The van der Waals surface area contributed by atoms with E-state index >= 15 is 0 Å². The van der Waals surface area contributed by atoms with E-state index in [1.54, 1.807) is 0 Å². The van der Waals surface area contributed by atoms with Crippen molar-refractivity contribution in [2.24, 2.45) is 7.05 Å². The van der Waals surface area contributed by atoms with E-state index in [-0.39, 0.29) is 12.4 Å². The minimum atomic E-state index is 0. The molecule has 0 spiro atoms. The minimum Gasteiger partial charge on any atom is -0.335 e. The first kappa shape index (κ1) is 17.7. The van der Waals surface area contributed by atoms with Gasteiger partial charge in [-0.2, -0.15) is 4.57 Å². The van der Waals surface area contributed by atoms with Crippen LogP contribution in [0.5, 0.6) is 0 Å². The van der Waals surface area contributed by atoms with Crippen LogP contribution >= 0.6 is 35.8 Å². The molecule has 3 heterocycles. The lowest BCUT2D eigenvalue weighted by molar-refractivity contribution is -0.642. The molecule has 0 atom stereocenters. The quantitative estimate of drug-likeness (QED) is 0.387. The van der Waals surface area contributed by atoms with Crippen molar-refractivity contribution in [1.82, 2.24) is 0 Å². The number of thioether (sulfide) groups is 1. The summed E-state index contributed by atoms with van der Waals surface area (Å²) in [5.41, 5.74) is 5.23. The van der Waals surface area contributed by atoms with Crippen LogP contribution in [0, 0.1) is 0 Å². The summed E-state index contributed by atoms with van der Waals surface area (Å²) in [6, 6.07) is 17.2. The third kappa shape index (κ3) is 2.70. The molecule has 0 N–H and O–H groups in total. The fourth-order valence-corrected chi connectivity index (χ4v) is 5.27. The Hall–Kier alpha value is -1.68. The van der Waals surface area contributed by atoms with Crippen molar-refractivity contribution in [2.45, 2.75) is 17.7 Å². The van der Waals surface area contributed by atoms with Gasteiger partial charge in [0.25, 0.3) is 5.15 Å². The largest absolute Gasteiger partial charge is 0.335 e. The monoisotopic (exact) mass is 401 g/mol. The Bertz CT molecular complexity index is 1050. The van der Waals surface area contributed by atoms with Gasteiger partial charge in [-0.3, -0.25) is 0 Å². The van der Waals surface area contributed by atoms with Crippen LogP contribution in [0.15, 0.2) is 58.5 Å². The zero-order chi connectivity index (χ0) is 17.0. The molecule has 3 aromatic rings. The lowest BCUT2D eigenvalue weighted by Gasteiger charge is -2.27. The van der Waals surface area contributed by atoms with Crippen molar-refractivity contribution in [2.75, 3.05) is 11.4 Å². The molecule has 0 bridgehead atoms. The molecular formula is C21H19Cl2N2S+. The molecule has 2 aromatic carbocycles. The van der Waals surface area contributed by atoms with Gasteiger partial charge in [-0.1, -0.05) is 36.0 Å². The molecule has 5 rings (SSSR count). The van der Waals surface area contributed by atoms with Crippen molar-refractivity contribution in [3.05, 3.63) is 69.8 Å². The maximum Gasteiger partial charge on any atom is 0.275 e. The number of pyridine rings is 1. The summed E-state index contributed by atoms with van der Waals surface area (Å²) in [6.45, 7) is 1.09. The van der Waals surface area contributed by atoms with Crippen LogP contribution in [0.3, 0.4) is 0 Å². The summed E-state index contributed by atoms with van der Waals surface area (Å²) in [5.74, 6) is 0. The summed E-state index contributed by atoms with van der Waals surface area (Å²) in [4.78, 5) is 3.86. The van der Waals surface area contributed by atoms with Crippen LogP contribution in [0.4, 0.5) is 5.69 Å². The van der Waals surface area contributed by atoms with Gasteiger partial charge in [-0.05, 0) is 53.8 Å². The van der Waals surface area contributed by atoms with Gasteiger partial charge in [0.2, 0.25) is 5.52 Å². The highest BCUT2D eigenvalue weighted by Crippen LogP contribution is 2.50. The van der Waals surface area contributed by atoms with Crippen LogP contribution in [0.1, 0.15) is 17.5 Å². The van der Waals surface area contributed by atoms with Crippen LogP contribution in [-0.4, -0.2) is 6.54 Å². The fraction of sp³-hybridized carbons (Fsp3) is 0.190. The number of hydrogen-bond acceptors (Lipinski definition) is 2. The Morgan fingerprint density at radius 1 is 1.15 bits per heavy atom. The number of benzene rings is 2. The van der Waals surface area contributed by atoms with Crippen molar-refractivity contribution in [3.63, 3.8) is 0 Å². The molecule has 0 unspecified atom stereocenters. The van der Waals surface area contributed by atoms with Crippen LogP contribution in [0.2, 0.25) is 5.15 Å². The first-order valence-electron chi connectivity index (χ1n) is 8.58. The van der Waals surface area contributed by atoms with Crippen molar-refractivity contribution >= 4 is 58.4 Å². The highest BCUT2D eigenvalue weighted by atomic mass is 35.5. The summed E-state index contributed by atoms with van der Waals surface area (Å²) in [7, 11) is 2.01. The Morgan fingerprint density at radius 3 is 2.88 bits per heavy atom. The Kier molecular flexibility index (Phi) is 4.64. The molecular weight excluding hydrogens is 383 g/mol. The van der Waals surface area contributed by atoms with E-state index in [1.165, 1.54) is 45.0 Å². The van der Waals surface area contributed by atoms with E-state index in [1.807, 2.05) is 23.4 Å². The van der Waals surface area contributed by atoms with Gasteiger partial charge in [0.1, 0.15) is 7.05 Å². The number of hydrogen-bond donors (Lipinski definition) is 0. The van der Waals surface area contributed by atoms with Crippen molar-refractivity contribution < 1.29 is 4.57 Å². The summed E-state index contributed by atoms with van der Waals surface area (Å²) >= 11 is 8.36. The van der Waals surface area contributed by atoms with E-state index in [0.29, 0.717) is 0 Å². The average molecular weight is 402 g/mol. The molecule has 0 saturated carbocycles. The molecule has 2 aliphatic heterocycles. The average Bonchev–Trinajstić information content (AvgIpc) is 2.99. The highest BCUT2D eigenvalue weighted by Gasteiger charge is 2.30. The number of aryl methyl sites for hydroxylation is 2.